The zero-order valence-corrected chi connectivity index (χ0v) is 19.5. The third-order valence-electron chi connectivity index (χ3n) is 5.23. The van der Waals surface area contributed by atoms with Crippen LogP contribution in [0.25, 0.3) is 0 Å². The predicted octanol–water partition coefficient (Wildman–Crippen LogP) is 4.45. The van der Waals surface area contributed by atoms with Gasteiger partial charge in [0.25, 0.3) is 0 Å². The lowest BCUT2D eigenvalue weighted by Crippen LogP contribution is -2.32. The Kier molecular flexibility index (Phi) is 15.2. The summed E-state index contributed by atoms with van der Waals surface area (Å²) in [6, 6.07) is 0. The molecule has 1 aromatic rings. The summed E-state index contributed by atoms with van der Waals surface area (Å²) in [4.78, 5) is 11.7. The Morgan fingerprint density at radius 2 is 1.37 bits per heavy atom. The van der Waals surface area contributed by atoms with Gasteiger partial charge in [0.1, 0.15) is 0 Å². The van der Waals surface area contributed by atoms with Crippen LogP contribution in [0.15, 0.2) is 0 Å². The third kappa shape index (κ3) is 15.3. The van der Waals surface area contributed by atoms with E-state index in [2.05, 4.69) is 25.3 Å². The molecule has 0 unspecified atom stereocenters. The van der Waals surface area contributed by atoms with Crippen molar-refractivity contribution < 1.29 is 13.2 Å². The molecule has 0 saturated carbocycles. The first-order valence-electron chi connectivity index (χ1n) is 11.8. The lowest BCUT2D eigenvalue weighted by molar-refractivity contribution is -0.119. The number of nitrogens with zero attached hydrogens (tertiary/aromatic N) is 3. The summed E-state index contributed by atoms with van der Waals surface area (Å²) in [5, 5.41) is 14.0. The second-order valence-corrected chi connectivity index (χ2v) is 9.96. The fraction of sp³-hybridized carbons (Fsp3) is 0.905. The number of hydrogen-bond donors (Lipinski definition) is 2. The zero-order valence-electron chi connectivity index (χ0n) is 18.7. The van der Waals surface area contributed by atoms with Crippen LogP contribution in [0.2, 0.25) is 0 Å². The topological polar surface area (TPSA) is 118 Å². The SMILES string of the molecule is CCCCS(=O)(=O)NC(=O)CCCCCCCCCCCCCCCc1nn[nH]n1. The van der Waals surface area contributed by atoms with Crippen molar-refractivity contribution in [1.29, 1.82) is 0 Å². The molecule has 2 N–H and O–H groups in total. The molecular weight excluding hydrogens is 402 g/mol. The van der Waals surface area contributed by atoms with E-state index in [-0.39, 0.29) is 11.7 Å². The first-order chi connectivity index (χ1) is 14.5. The fourth-order valence-electron chi connectivity index (χ4n) is 3.41. The summed E-state index contributed by atoms with van der Waals surface area (Å²) in [6.45, 7) is 1.93. The van der Waals surface area contributed by atoms with Gasteiger partial charge in [-0.1, -0.05) is 89.2 Å². The Labute approximate surface area is 182 Å². The molecule has 1 aromatic heterocycles. The van der Waals surface area contributed by atoms with Gasteiger partial charge in [0.2, 0.25) is 15.9 Å². The number of hydrogen-bond acceptors (Lipinski definition) is 6. The normalized spacial score (nSPS) is 11.6. The molecule has 8 nitrogen and oxygen atoms in total. The van der Waals surface area contributed by atoms with Gasteiger partial charge in [-0.3, -0.25) is 9.52 Å². The van der Waals surface area contributed by atoms with Gasteiger partial charge in [0, 0.05) is 12.8 Å². The molecule has 9 heteroatoms. The molecular formula is C21H41N5O3S. The van der Waals surface area contributed by atoms with Crippen molar-refractivity contribution in [2.75, 3.05) is 5.75 Å². The number of carbonyl (C=O) groups is 1. The Hall–Kier alpha value is -1.51. The van der Waals surface area contributed by atoms with Gasteiger partial charge < -0.3 is 0 Å². The second-order valence-electron chi connectivity index (χ2n) is 8.12. The maximum atomic E-state index is 11.7. The van der Waals surface area contributed by atoms with Crippen LogP contribution in [0.5, 0.6) is 0 Å². The Morgan fingerprint density at radius 3 is 1.87 bits per heavy atom. The van der Waals surface area contributed by atoms with Gasteiger partial charge in [-0.2, -0.15) is 5.21 Å². The van der Waals surface area contributed by atoms with Crippen molar-refractivity contribution in [3.8, 4) is 0 Å². The van der Waals surface area contributed by atoms with Gasteiger partial charge in [-0.15, -0.1) is 10.2 Å². The van der Waals surface area contributed by atoms with E-state index >= 15 is 0 Å². The van der Waals surface area contributed by atoms with Gasteiger partial charge in [-0.05, 0) is 19.3 Å². The number of carbonyl (C=O) groups excluding carboxylic acids is 1. The van der Waals surface area contributed by atoms with Crippen LogP contribution < -0.4 is 4.72 Å². The first-order valence-corrected chi connectivity index (χ1v) is 13.4. The van der Waals surface area contributed by atoms with Crippen LogP contribution in [0.1, 0.15) is 115 Å². The number of tetrazole rings is 1. The molecule has 0 spiro atoms. The van der Waals surface area contributed by atoms with Crippen LogP contribution in [0, 0.1) is 0 Å². The van der Waals surface area contributed by atoms with E-state index in [1.807, 2.05) is 6.92 Å². The average Bonchev–Trinajstić information content (AvgIpc) is 3.22. The summed E-state index contributed by atoms with van der Waals surface area (Å²) < 4.78 is 25.5. The minimum atomic E-state index is -3.43. The van der Waals surface area contributed by atoms with E-state index < -0.39 is 10.0 Å². The molecule has 1 rings (SSSR count). The molecule has 1 heterocycles. The van der Waals surface area contributed by atoms with Crippen LogP contribution in [0.4, 0.5) is 0 Å². The largest absolute Gasteiger partial charge is 0.274 e. The molecule has 0 aromatic carbocycles. The number of aryl methyl sites for hydroxylation is 1. The third-order valence-corrected chi connectivity index (χ3v) is 6.59. The summed E-state index contributed by atoms with van der Waals surface area (Å²) in [5.41, 5.74) is 0. The minimum absolute atomic E-state index is 0.0384. The number of nitrogens with one attached hydrogen (secondary N) is 2. The van der Waals surface area contributed by atoms with Crippen molar-refractivity contribution in [2.24, 2.45) is 0 Å². The van der Waals surface area contributed by atoms with Crippen molar-refractivity contribution in [1.82, 2.24) is 25.3 Å². The molecule has 0 aliphatic heterocycles. The van der Waals surface area contributed by atoms with Crippen LogP contribution >= 0.6 is 0 Å². The molecule has 0 aliphatic carbocycles. The summed E-state index contributed by atoms with van der Waals surface area (Å²) in [6.07, 6.45) is 18.1. The molecule has 1 amide bonds. The number of aromatic nitrogens is 4. The van der Waals surface area contributed by atoms with Crippen LogP contribution in [0.3, 0.4) is 0 Å². The highest BCUT2D eigenvalue weighted by Gasteiger charge is 2.13. The van der Waals surface area contributed by atoms with Crippen LogP contribution in [-0.4, -0.2) is 40.7 Å². The second kappa shape index (κ2) is 17.2. The smallest absolute Gasteiger partial charge is 0.234 e. The molecule has 0 radical (unpaired) electrons. The number of sulfonamides is 1. The summed E-state index contributed by atoms with van der Waals surface area (Å²) >= 11 is 0. The number of rotatable bonds is 20. The Balaban J connectivity index is 1.79. The molecule has 0 bridgehead atoms. The van der Waals surface area contributed by atoms with Crippen LogP contribution in [-0.2, 0) is 21.2 Å². The van der Waals surface area contributed by atoms with Crippen molar-refractivity contribution in [3.63, 3.8) is 0 Å². The Morgan fingerprint density at radius 1 is 0.833 bits per heavy atom. The standard InChI is InChI=1S/C21H41N5O3S/c1-2-3-19-30(28,29)24-21(27)18-16-14-12-10-8-6-4-5-7-9-11-13-15-17-20-22-25-26-23-20/h2-19H2,1H3,(H,24,27)(H,22,23,25,26). The summed E-state index contributed by atoms with van der Waals surface area (Å²) in [7, 11) is -3.43. The number of amides is 1. The molecule has 0 saturated heterocycles. The highest BCUT2D eigenvalue weighted by molar-refractivity contribution is 7.90. The quantitative estimate of drug-likeness (QED) is 0.287. The lowest BCUT2D eigenvalue weighted by Gasteiger charge is -2.06. The molecule has 30 heavy (non-hydrogen) atoms. The predicted molar refractivity (Wildman–Crippen MR) is 119 cm³/mol. The van der Waals surface area contributed by atoms with E-state index in [4.69, 9.17) is 0 Å². The van der Waals surface area contributed by atoms with Crippen molar-refractivity contribution in [2.45, 2.75) is 116 Å². The highest BCUT2D eigenvalue weighted by atomic mass is 32.2. The minimum Gasteiger partial charge on any atom is -0.274 e. The zero-order chi connectivity index (χ0) is 21.9. The average molecular weight is 444 g/mol. The van der Waals surface area contributed by atoms with E-state index in [0.29, 0.717) is 12.8 Å². The monoisotopic (exact) mass is 443 g/mol. The Bertz CT molecular complexity index is 635. The molecule has 0 aliphatic rings. The number of aromatic amines is 1. The fourth-order valence-corrected chi connectivity index (χ4v) is 4.63. The highest BCUT2D eigenvalue weighted by Crippen LogP contribution is 2.13. The van der Waals surface area contributed by atoms with E-state index in [1.54, 1.807) is 0 Å². The maximum absolute atomic E-state index is 11.7. The van der Waals surface area contributed by atoms with E-state index in [9.17, 15) is 13.2 Å². The molecule has 0 atom stereocenters. The van der Waals surface area contributed by atoms with Crippen molar-refractivity contribution >= 4 is 15.9 Å². The molecule has 0 fully saturated rings. The van der Waals surface area contributed by atoms with Gasteiger partial charge >= 0.3 is 0 Å². The lowest BCUT2D eigenvalue weighted by atomic mass is 10.0. The maximum Gasteiger partial charge on any atom is 0.234 e. The molecule has 174 valence electrons. The van der Waals surface area contributed by atoms with Gasteiger partial charge in [-0.25, -0.2) is 8.42 Å². The summed E-state index contributed by atoms with van der Waals surface area (Å²) in [5.74, 6) is 0.492. The first kappa shape index (κ1) is 26.5. The van der Waals surface area contributed by atoms with E-state index in [0.717, 1.165) is 44.3 Å². The van der Waals surface area contributed by atoms with Gasteiger partial charge in [0.15, 0.2) is 5.82 Å². The van der Waals surface area contributed by atoms with Gasteiger partial charge in [0.05, 0.1) is 5.75 Å². The number of unbranched alkanes of at least 4 members (excludes halogenated alkanes) is 13. The van der Waals surface area contributed by atoms with Crippen molar-refractivity contribution in [3.05, 3.63) is 5.82 Å². The van der Waals surface area contributed by atoms with E-state index in [1.165, 1.54) is 57.8 Å². The number of H-pyrrole nitrogens is 1.